The van der Waals surface area contributed by atoms with Crippen molar-refractivity contribution in [3.8, 4) is 5.75 Å². The van der Waals surface area contributed by atoms with E-state index in [1.165, 1.54) is 0 Å². The molecule has 1 aliphatic heterocycles. The summed E-state index contributed by atoms with van der Waals surface area (Å²) in [5.41, 5.74) is 0.718. The lowest BCUT2D eigenvalue weighted by Gasteiger charge is -2.22. The van der Waals surface area contributed by atoms with Gasteiger partial charge in [0.25, 0.3) is 0 Å². The molecule has 0 bridgehead atoms. The fraction of sp³-hybridized carbons (Fsp3) is 0.562. The molecular formula is C16H23ClN2O2. The Kier molecular flexibility index (Phi) is 5.88. The van der Waals surface area contributed by atoms with Crippen LogP contribution in [-0.4, -0.2) is 25.1 Å². The number of carbonyl (C=O) groups excluding carboxylic acids is 1. The van der Waals surface area contributed by atoms with Crippen LogP contribution in [0.4, 0.5) is 5.69 Å². The zero-order valence-corrected chi connectivity index (χ0v) is 13.4. The van der Waals surface area contributed by atoms with Crippen molar-refractivity contribution in [1.82, 2.24) is 5.32 Å². The summed E-state index contributed by atoms with van der Waals surface area (Å²) in [6.07, 6.45) is 2.77. The molecule has 1 heterocycles. The lowest BCUT2D eigenvalue weighted by molar-refractivity contribution is -0.117. The molecule has 0 saturated carbocycles. The second-order valence-electron chi connectivity index (χ2n) is 5.76. The van der Waals surface area contributed by atoms with Gasteiger partial charge in [-0.05, 0) is 63.9 Å². The van der Waals surface area contributed by atoms with Crippen LogP contribution in [0.3, 0.4) is 0 Å². The monoisotopic (exact) mass is 310 g/mol. The summed E-state index contributed by atoms with van der Waals surface area (Å²) in [5.74, 6) is 1.17. The van der Waals surface area contributed by atoms with Crippen LogP contribution in [0.15, 0.2) is 18.2 Å². The number of hydrogen-bond acceptors (Lipinski definition) is 3. The molecule has 4 nitrogen and oxygen atoms in total. The molecule has 0 atom stereocenters. The summed E-state index contributed by atoms with van der Waals surface area (Å²) in [5, 5.41) is 6.73. The molecule has 1 saturated heterocycles. The van der Waals surface area contributed by atoms with E-state index in [1.807, 2.05) is 19.9 Å². The number of piperidine rings is 1. The van der Waals surface area contributed by atoms with Crippen LogP contribution in [0.5, 0.6) is 5.75 Å². The van der Waals surface area contributed by atoms with Crippen molar-refractivity contribution >= 4 is 23.2 Å². The highest BCUT2D eigenvalue weighted by Gasteiger charge is 2.17. The molecule has 0 aromatic heterocycles. The Balaban J connectivity index is 1.89. The fourth-order valence-corrected chi connectivity index (χ4v) is 2.71. The Morgan fingerprint density at radius 3 is 2.76 bits per heavy atom. The van der Waals surface area contributed by atoms with Crippen LogP contribution >= 0.6 is 11.6 Å². The number of carbonyl (C=O) groups is 1. The van der Waals surface area contributed by atoms with E-state index >= 15 is 0 Å². The van der Waals surface area contributed by atoms with Crippen molar-refractivity contribution < 1.29 is 9.53 Å². The molecular weight excluding hydrogens is 288 g/mol. The Labute approximate surface area is 131 Å². The predicted octanol–water partition coefficient (Wildman–Crippen LogP) is 3.46. The molecule has 0 spiro atoms. The maximum absolute atomic E-state index is 12.0. The van der Waals surface area contributed by atoms with E-state index in [1.54, 1.807) is 12.1 Å². The van der Waals surface area contributed by atoms with E-state index in [0.717, 1.165) is 31.6 Å². The van der Waals surface area contributed by atoms with Crippen molar-refractivity contribution in [1.29, 1.82) is 0 Å². The minimum atomic E-state index is 0.0514. The van der Waals surface area contributed by atoms with Crippen molar-refractivity contribution in [3.05, 3.63) is 23.2 Å². The summed E-state index contributed by atoms with van der Waals surface area (Å²) >= 11 is 6.16. The first-order valence-corrected chi connectivity index (χ1v) is 7.89. The average molecular weight is 311 g/mol. The number of hydrogen-bond donors (Lipinski definition) is 2. The number of benzene rings is 1. The number of amides is 1. The molecule has 2 rings (SSSR count). The van der Waals surface area contributed by atoms with Crippen LogP contribution < -0.4 is 15.4 Å². The van der Waals surface area contributed by atoms with Gasteiger partial charge >= 0.3 is 0 Å². The van der Waals surface area contributed by atoms with Gasteiger partial charge in [0.1, 0.15) is 5.75 Å². The van der Waals surface area contributed by atoms with E-state index in [-0.39, 0.29) is 12.0 Å². The van der Waals surface area contributed by atoms with Crippen molar-refractivity contribution in [2.75, 3.05) is 18.4 Å². The van der Waals surface area contributed by atoms with E-state index in [2.05, 4.69) is 10.6 Å². The zero-order chi connectivity index (χ0) is 15.2. The molecule has 1 amide bonds. The lowest BCUT2D eigenvalue weighted by Crippen LogP contribution is -2.30. The highest BCUT2D eigenvalue weighted by molar-refractivity contribution is 6.32. The SMILES string of the molecule is CC(C)Oc1ccc(NC(=O)CC2CCNCC2)cc1Cl. The Bertz CT molecular complexity index is 485. The largest absolute Gasteiger partial charge is 0.489 e. The Hall–Kier alpha value is -1.26. The van der Waals surface area contributed by atoms with Crippen LogP contribution in [0.1, 0.15) is 33.1 Å². The van der Waals surface area contributed by atoms with Gasteiger partial charge in [-0.1, -0.05) is 11.6 Å². The molecule has 2 N–H and O–H groups in total. The minimum absolute atomic E-state index is 0.0514. The Morgan fingerprint density at radius 1 is 1.43 bits per heavy atom. The molecule has 116 valence electrons. The fourth-order valence-electron chi connectivity index (χ4n) is 2.49. The molecule has 1 aromatic rings. The number of nitrogens with one attached hydrogen (secondary N) is 2. The highest BCUT2D eigenvalue weighted by Crippen LogP contribution is 2.28. The summed E-state index contributed by atoms with van der Waals surface area (Å²) in [6, 6.07) is 5.35. The van der Waals surface area contributed by atoms with Gasteiger partial charge in [-0.15, -0.1) is 0 Å². The maximum Gasteiger partial charge on any atom is 0.224 e. The van der Waals surface area contributed by atoms with Crippen LogP contribution in [0.2, 0.25) is 5.02 Å². The van der Waals surface area contributed by atoms with E-state index in [4.69, 9.17) is 16.3 Å². The van der Waals surface area contributed by atoms with Gasteiger partial charge in [-0.25, -0.2) is 0 Å². The van der Waals surface area contributed by atoms with Gasteiger partial charge < -0.3 is 15.4 Å². The normalized spacial score (nSPS) is 16.0. The molecule has 0 radical (unpaired) electrons. The van der Waals surface area contributed by atoms with Gasteiger partial charge in [0, 0.05) is 12.1 Å². The molecule has 21 heavy (non-hydrogen) atoms. The third kappa shape index (κ3) is 5.21. The van der Waals surface area contributed by atoms with Crippen molar-refractivity contribution in [2.24, 2.45) is 5.92 Å². The van der Waals surface area contributed by atoms with Gasteiger partial charge in [0.15, 0.2) is 0 Å². The van der Waals surface area contributed by atoms with Crippen LogP contribution in [-0.2, 0) is 4.79 Å². The van der Waals surface area contributed by atoms with Gasteiger partial charge in [-0.2, -0.15) is 0 Å². The second kappa shape index (κ2) is 7.66. The summed E-state index contributed by atoms with van der Waals surface area (Å²) in [6.45, 7) is 5.91. The number of ether oxygens (including phenoxy) is 1. The van der Waals surface area contributed by atoms with Gasteiger partial charge in [0.2, 0.25) is 5.91 Å². The smallest absolute Gasteiger partial charge is 0.224 e. The highest BCUT2D eigenvalue weighted by atomic mass is 35.5. The molecule has 0 aliphatic carbocycles. The maximum atomic E-state index is 12.0. The van der Waals surface area contributed by atoms with E-state index < -0.39 is 0 Å². The third-order valence-corrected chi connectivity index (χ3v) is 3.81. The number of halogens is 1. The van der Waals surface area contributed by atoms with Crippen molar-refractivity contribution in [3.63, 3.8) is 0 Å². The molecule has 1 aliphatic rings. The van der Waals surface area contributed by atoms with Crippen molar-refractivity contribution in [2.45, 2.75) is 39.2 Å². The molecule has 5 heteroatoms. The predicted molar refractivity (Wildman–Crippen MR) is 86.1 cm³/mol. The van der Waals surface area contributed by atoms with Gasteiger partial charge in [-0.3, -0.25) is 4.79 Å². The third-order valence-electron chi connectivity index (χ3n) is 3.51. The first-order valence-electron chi connectivity index (χ1n) is 7.51. The van der Waals surface area contributed by atoms with Crippen LogP contribution in [0, 0.1) is 5.92 Å². The molecule has 1 aromatic carbocycles. The molecule has 0 unspecified atom stereocenters. The zero-order valence-electron chi connectivity index (χ0n) is 12.6. The first kappa shape index (κ1) is 16.1. The summed E-state index contributed by atoms with van der Waals surface area (Å²) in [7, 11) is 0. The average Bonchev–Trinajstić information content (AvgIpc) is 2.42. The van der Waals surface area contributed by atoms with E-state index in [0.29, 0.717) is 23.1 Å². The van der Waals surface area contributed by atoms with E-state index in [9.17, 15) is 4.79 Å². The number of anilines is 1. The number of rotatable bonds is 5. The Morgan fingerprint density at radius 2 is 2.14 bits per heavy atom. The topological polar surface area (TPSA) is 50.4 Å². The second-order valence-corrected chi connectivity index (χ2v) is 6.16. The van der Waals surface area contributed by atoms with Crippen LogP contribution in [0.25, 0.3) is 0 Å². The quantitative estimate of drug-likeness (QED) is 0.875. The summed E-state index contributed by atoms with van der Waals surface area (Å²) < 4.78 is 5.57. The summed E-state index contributed by atoms with van der Waals surface area (Å²) in [4.78, 5) is 12.0. The standard InChI is InChI=1S/C16H23ClN2O2/c1-11(2)21-15-4-3-13(10-14(15)17)19-16(20)9-12-5-7-18-8-6-12/h3-4,10-12,18H,5-9H2,1-2H3,(H,19,20). The lowest BCUT2D eigenvalue weighted by atomic mass is 9.94. The minimum Gasteiger partial charge on any atom is -0.489 e. The first-order chi connectivity index (χ1) is 10.0. The van der Waals surface area contributed by atoms with Gasteiger partial charge in [0.05, 0.1) is 11.1 Å². The molecule has 1 fully saturated rings.